The minimum Gasteiger partial charge on any atom is -0.492 e. The molecule has 4 rings (SSSR count). The van der Waals surface area contributed by atoms with Gasteiger partial charge in [-0.15, -0.1) is 0 Å². The minimum absolute atomic E-state index is 0.0740. The standard InChI is InChI=1S/C21H18N4O3S/c1-13(26)28-12-17(14-6-3-2-4-7-14)24-21-25-20(27)18(29-21)10-15-11-23-19-16(15)8-5-9-22-19/h2-11,17,27H,12H2,1H3,(H,24,25). The molecule has 2 aromatic heterocycles. The highest BCUT2D eigenvalue weighted by atomic mass is 32.1. The molecule has 1 aliphatic rings. The number of carbonyl (C=O) groups excluding carboxylic acids is 1. The molecule has 0 amide bonds. The van der Waals surface area contributed by atoms with Crippen LogP contribution in [0.3, 0.4) is 0 Å². The van der Waals surface area contributed by atoms with Gasteiger partial charge in [0, 0.05) is 30.5 Å². The quantitative estimate of drug-likeness (QED) is 0.595. The second kappa shape index (κ2) is 8.24. The van der Waals surface area contributed by atoms with Crippen molar-refractivity contribution in [3.63, 3.8) is 0 Å². The zero-order valence-electron chi connectivity index (χ0n) is 15.6. The van der Waals surface area contributed by atoms with E-state index in [4.69, 9.17) is 4.74 Å². The Kier molecular flexibility index (Phi) is 5.35. The van der Waals surface area contributed by atoms with Gasteiger partial charge in [0.1, 0.15) is 6.61 Å². The van der Waals surface area contributed by atoms with E-state index in [0.29, 0.717) is 15.8 Å². The zero-order valence-corrected chi connectivity index (χ0v) is 16.4. The summed E-state index contributed by atoms with van der Waals surface area (Å²) in [5.74, 6) is 0.231. The predicted molar refractivity (Wildman–Crippen MR) is 113 cm³/mol. The number of hydrogen-bond acceptors (Lipinski definition) is 8. The Morgan fingerprint density at radius 3 is 2.90 bits per heavy atom. The van der Waals surface area contributed by atoms with Gasteiger partial charge >= 0.3 is 5.97 Å². The molecule has 3 heterocycles. The maximum atomic E-state index is 11.3. The van der Waals surface area contributed by atoms with Gasteiger partial charge in [-0.25, -0.2) is 9.98 Å². The highest BCUT2D eigenvalue weighted by Crippen LogP contribution is 2.36. The Balaban J connectivity index is 1.57. The molecule has 1 aliphatic heterocycles. The molecule has 1 atom stereocenters. The number of allylic oxidation sites excluding steroid dienone is 1. The number of thiazole rings is 1. The summed E-state index contributed by atoms with van der Waals surface area (Å²) < 4.78 is 5.19. The average molecular weight is 406 g/mol. The Morgan fingerprint density at radius 1 is 1.28 bits per heavy atom. The van der Waals surface area contributed by atoms with Crippen LogP contribution in [-0.4, -0.2) is 33.9 Å². The number of aromatic hydroxyl groups is 1. The first-order chi connectivity index (χ1) is 14.1. The van der Waals surface area contributed by atoms with Crippen molar-refractivity contribution in [1.29, 1.82) is 0 Å². The van der Waals surface area contributed by atoms with Crippen molar-refractivity contribution in [1.82, 2.24) is 9.97 Å². The first-order valence-corrected chi connectivity index (χ1v) is 9.77. The number of nitrogens with one attached hydrogen (secondary N) is 1. The molecule has 3 aromatic rings. The van der Waals surface area contributed by atoms with Gasteiger partial charge in [0.15, 0.2) is 10.9 Å². The van der Waals surface area contributed by atoms with Crippen LogP contribution in [0.25, 0.3) is 11.6 Å². The third kappa shape index (κ3) is 4.33. The van der Waals surface area contributed by atoms with E-state index in [0.717, 1.165) is 16.7 Å². The van der Waals surface area contributed by atoms with Crippen molar-refractivity contribution in [3.8, 4) is 5.88 Å². The molecular formula is C21H18N4O3S. The van der Waals surface area contributed by atoms with E-state index in [1.165, 1.54) is 18.3 Å². The summed E-state index contributed by atoms with van der Waals surface area (Å²) in [5, 5.41) is 14.1. The number of benzene rings is 1. The number of carbonyl (C=O) groups is 1. The lowest BCUT2D eigenvalue weighted by atomic mass is 10.1. The first kappa shape index (κ1) is 18.8. The number of hydrogen-bond donors (Lipinski definition) is 2. The van der Waals surface area contributed by atoms with E-state index >= 15 is 0 Å². The summed E-state index contributed by atoms with van der Waals surface area (Å²) in [6, 6.07) is 13.1. The van der Waals surface area contributed by atoms with Crippen LogP contribution in [0.5, 0.6) is 5.88 Å². The van der Waals surface area contributed by atoms with E-state index in [2.05, 4.69) is 20.3 Å². The molecule has 0 radical (unpaired) electrons. The average Bonchev–Trinajstić information content (AvgIpc) is 3.29. The van der Waals surface area contributed by atoms with Crippen molar-refractivity contribution in [2.75, 3.05) is 11.9 Å². The molecule has 0 saturated heterocycles. The molecule has 29 heavy (non-hydrogen) atoms. The van der Waals surface area contributed by atoms with Crippen LogP contribution in [-0.2, 0) is 9.53 Å². The summed E-state index contributed by atoms with van der Waals surface area (Å²) in [6.45, 7) is 1.53. The molecule has 1 aromatic carbocycles. The largest absolute Gasteiger partial charge is 0.492 e. The lowest BCUT2D eigenvalue weighted by Gasteiger charge is -2.18. The Labute approximate surface area is 171 Å². The van der Waals surface area contributed by atoms with Gasteiger partial charge in [-0.3, -0.25) is 4.79 Å². The molecular weight excluding hydrogens is 388 g/mol. The van der Waals surface area contributed by atoms with Crippen molar-refractivity contribution >= 4 is 46.1 Å². The number of nitrogens with zero attached hydrogens (tertiary/aromatic N) is 3. The number of anilines is 1. The van der Waals surface area contributed by atoms with Gasteiger partial charge < -0.3 is 15.2 Å². The number of fused-ring (bicyclic) bond motifs is 1. The van der Waals surface area contributed by atoms with Crippen LogP contribution in [0, 0.1) is 0 Å². The number of aliphatic imine (C=N–C) groups is 1. The Hall–Kier alpha value is -3.52. The number of ether oxygens (including phenoxy) is 1. The SMILES string of the molecule is CC(=O)OCC(Nc1nc(O)c(C=C2C=Nc3ncccc32)s1)c1ccccc1. The Morgan fingerprint density at radius 2 is 2.10 bits per heavy atom. The number of esters is 1. The number of rotatable bonds is 6. The van der Waals surface area contributed by atoms with E-state index < -0.39 is 0 Å². The van der Waals surface area contributed by atoms with E-state index in [1.54, 1.807) is 12.4 Å². The fourth-order valence-corrected chi connectivity index (χ4v) is 3.78. The fourth-order valence-electron chi connectivity index (χ4n) is 2.92. The fraction of sp³-hybridized carbons (Fsp3) is 0.143. The van der Waals surface area contributed by atoms with E-state index in [1.807, 2.05) is 48.5 Å². The molecule has 0 saturated carbocycles. The van der Waals surface area contributed by atoms with E-state index in [-0.39, 0.29) is 24.5 Å². The Bertz CT molecular complexity index is 1090. The van der Waals surface area contributed by atoms with Crippen molar-refractivity contribution in [2.24, 2.45) is 4.99 Å². The summed E-state index contributed by atoms with van der Waals surface area (Å²) in [6.07, 6.45) is 5.24. The maximum Gasteiger partial charge on any atom is 0.302 e. The zero-order chi connectivity index (χ0) is 20.2. The summed E-state index contributed by atoms with van der Waals surface area (Å²) in [5.41, 5.74) is 2.72. The van der Waals surface area contributed by atoms with Gasteiger partial charge in [-0.1, -0.05) is 41.7 Å². The summed E-state index contributed by atoms with van der Waals surface area (Å²) in [4.78, 5) is 24.6. The van der Waals surface area contributed by atoms with Crippen LogP contribution in [0.1, 0.15) is 29.0 Å². The van der Waals surface area contributed by atoms with E-state index in [9.17, 15) is 9.90 Å². The van der Waals surface area contributed by atoms with Crippen molar-refractivity contribution in [3.05, 3.63) is 64.7 Å². The smallest absolute Gasteiger partial charge is 0.302 e. The van der Waals surface area contributed by atoms with Crippen LogP contribution >= 0.6 is 11.3 Å². The molecule has 0 bridgehead atoms. The van der Waals surface area contributed by atoms with Gasteiger partial charge in [-0.05, 0) is 23.8 Å². The molecule has 0 fully saturated rings. The van der Waals surface area contributed by atoms with Crippen molar-refractivity contribution < 1.29 is 14.6 Å². The highest BCUT2D eigenvalue weighted by Gasteiger charge is 2.18. The first-order valence-electron chi connectivity index (χ1n) is 8.96. The number of pyridine rings is 1. The molecule has 1 unspecified atom stereocenters. The molecule has 0 aliphatic carbocycles. The van der Waals surface area contributed by atoms with Gasteiger partial charge in [0.25, 0.3) is 0 Å². The topological polar surface area (TPSA) is 96.7 Å². The van der Waals surface area contributed by atoms with Crippen LogP contribution in [0.15, 0.2) is 53.7 Å². The van der Waals surface area contributed by atoms with Crippen molar-refractivity contribution in [2.45, 2.75) is 13.0 Å². The predicted octanol–water partition coefficient (Wildman–Crippen LogP) is 4.22. The third-order valence-corrected chi connectivity index (χ3v) is 5.22. The van der Waals surface area contributed by atoms with Crippen LogP contribution in [0.4, 0.5) is 10.9 Å². The highest BCUT2D eigenvalue weighted by molar-refractivity contribution is 7.16. The molecule has 2 N–H and O–H groups in total. The number of aromatic nitrogens is 2. The minimum atomic E-state index is -0.354. The molecule has 7 nitrogen and oxygen atoms in total. The second-order valence-electron chi connectivity index (χ2n) is 6.35. The second-order valence-corrected chi connectivity index (χ2v) is 7.38. The summed E-state index contributed by atoms with van der Waals surface area (Å²) in [7, 11) is 0. The lowest BCUT2D eigenvalue weighted by Crippen LogP contribution is -2.18. The van der Waals surface area contributed by atoms with Gasteiger partial charge in [0.05, 0.1) is 10.9 Å². The van der Waals surface area contributed by atoms with Crippen LogP contribution < -0.4 is 5.32 Å². The molecule has 0 spiro atoms. The third-order valence-electron chi connectivity index (χ3n) is 4.30. The lowest BCUT2D eigenvalue weighted by molar-refractivity contribution is -0.141. The monoisotopic (exact) mass is 406 g/mol. The normalized spacial score (nSPS) is 14.6. The van der Waals surface area contributed by atoms with Gasteiger partial charge in [0.2, 0.25) is 5.88 Å². The molecule has 146 valence electrons. The van der Waals surface area contributed by atoms with Crippen LogP contribution in [0.2, 0.25) is 0 Å². The summed E-state index contributed by atoms with van der Waals surface area (Å²) >= 11 is 1.31. The molecule has 8 heteroatoms. The maximum absolute atomic E-state index is 11.3. The van der Waals surface area contributed by atoms with Gasteiger partial charge in [-0.2, -0.15) is 4.98 Å².